The monoisotopic (exact) mass is 418 g/mol. The van der Waals surface area contributed by atoms with Gasteiger partial charge in [0.15, 0.2) is 6.61 Å². The maximum atomic E-state index is 12.9. The van der Waals surface area contributed by atoms with Crippen LogP contribution in [-0.4, -0.2) is 37.8 Å². The quantitative estimate of drug-likeness (QED) is 0.632. The summed E-state index contributed by atoms with van der Waals surface area (Å²) in [6, 6.07) is 6.81. The lowest BCUT2D eigenvalue weighted by atomic mass is 10.0. The molecule has 1 atom stereocenters. The van der Waals surface area contributed by atoms with Crippen LogP contribution in [0.15, 0.2) is 58.3 Å². The van der Waals surface area contributed by atoms with E-state index in [4.69, 9.17) is 18.6 Å². The highest BCUT2D eigenvalue weighted by Gasteiger charge is 2.35. The number of esters is 2. The van der Waals surface area contributed by atoms with Gasteiger partial charge in [0, 0.05) is 0 Å². The van der Waals surface area contributed by atoms with Crippen molar-refractivity contribution < 1.29 is 37.4 Å². The van der Waals surface area contributed by atoms with Gasteiger partial charge in [-0.1, -0.05) is 0 Å². The molecule has 0 bridgehead atoms. The van der Waals surface area contributed by atoms with E-state index >= 15 is 0 Å². The third-order valence-electron chi connectivity index (χ3n) is 4.02. The van der Waals surface area contributed by atoms with Gasteiger partial charge in [0.05, 0.1) is 24.1 Å². The molecule has 1 aromatic carbocycles. The standard InChI is InChI=1S/C20H19FN2O7/c1-2-27-19(25)17-14(22-20(26)23-18(17)15-4-3-9-28-15)10-30-16(24)11-29-13-7-5-12(21)6-8-13/h3-9,18H,2,10-11H2,1H3,(H2,22,23,26). The summed E-state index contributed by atoms with van der Waals surface area (Å²) in [6.45, 7) is 0.910. The molecule has 1 aliphatic rings. The van der Waals surface area contributed by atoms with Gasteiger partial charge in [0.2, 0.25) is 0 Å². The van der Waals surface area contributed by atoms with Gasteiger partial charge in [0.25, 0.3) is 0 Å². The number of rotatable bonds is 8. The number of nitrogens with one attached hydrogen (secondary N) is 2. The predicted octanol–water partition coefficient (Wildman–Crippen LogP) is 2.21. The molecule has 2 N–H and O–H groups in total. The zero-order valence-electron chi connectivity index (χ0n) is 16.0. The molecule has 10 heteroatoms. The number of carbonyl (C=O) groups is 3. The molecule has 0 spiro atoms. The van der Waals surface area contributed by atoms with Crippen molar-refractivity contribution in [3.63, 3.8) is 0 Å². The number of amides is 2. The summed E-state index contributed by atoms with van der Waals surface area (Å²) < 4.78 is 33.6. The van der Waals surface area contributed by atoms with Crippen LogP contribution < -0.4 is 15.4 Å². The van der Waals surface area contributed by atoms with E-state index in [1.54, 1.807) is 19.1 Å². The Kier molecular flexibility index (Phi) is 6.68. The molecule has 0 radical (unpaired) electrons. The first-order valence-corrected chi connectivity index (χ1v) is 9.03. The van der Waals surface area contributed by atoms with Crippen LogP contribution in [0.5, 0.6) is 5.75 Å². The van der Waals surface area contributed by atoms with E-state index in [0.29, 0.717) is 5.76 Å². The van der Waals surface area contributed by atoms with Crippen molar-refractivity contribution in [1.82, 2.24) is 10.6 Å². The maximum absolute atomic E-state index is 12.9. The summed E-state index contributed by atoms with van der Waals surface area (Å²) in [5.41, 5.74) is 0.118. The van der Waals surface area contributed by atoms with E-state index in [9.17, 15) is 18.8 Å². The number of ether oxygens (including phenoxy) is 3. The second kappa shape index (κ2) is 9.59. The molecule has 1 unspecified atom stereocenters. The Morgan fingerprint density at radius 2 is 1.93 bits per heavy atom. The number of hydrogen-bond donors (Lipinski definition) is 2. The van der Waals surface area contributed by atoms with E-state index in [1.807, 2.05) is 0 Å². The second-order valence-electron chi connectivity index (χ2n) is 6.06. The Hall–Kier alpha value is -3.82. The molecular formula is C20H19FN2O7. The van der Waals surface area contributed by atoms with Gasteiger partial charge in [-0.15, -0.1) is 0 Å². The molecule has 0 saturated carbocycles. The molecule has 0 fully saturated rings. The molecule has 9 nitrogen and oxygen atoms in total. The van der Waals surface area contributed by atoms with Crippen molar-refractivity contribution in [1.29, 1.82) is 0 Å². The Morgan fingerprint density at radius 3 is 2.60 bits per heavy atom. The van der Waals surface area contributed by atoms with Gasteiger partial charge in [-0.3, -0.25) is 0 Å². The number of hydrogen-bond acceptors (Lipinski definition) is 7. The average Bonchev–Trinajstić information content (AvgIpc) is 3.26. The van der Waals surface area contributed by atoms with Crippen molar-refractivity contribution in [3.8, 4) is 5.75 Å². The molecule has 0 saturated heterocycles. The lowest BCUT2D eigenvalue weighted by Gasteiger charge is -2.27. The number of furan rings is 1. The fourth-order valence-corrected chi connectivity index (χ4v) is 2.72. The van der Waals surface area contributed by atoms with Gasteiger partial charge in [0.1, 0.15) is 30.0 Å². The summed E-state index contributed by atoms with van der Waals surface area (Å²) in [5, 5.41) is 5.04. The second-order valence-corrected chi connectivity index (χ2v) is 6.06. The highest BCUT2D eigenvalue weighted by atomic mass is 19.1. The summed E-state index contributed by atoms with van der Waals surface area (Å²) in [7, 11) is 0. The smallest absolute Gasteiger partial charge is 0.344 e. The molecule has 2 amide bonds. The lowest BCUT2D eigenvalue weighted by molar-refractivity contribution is -0.145. The fraction of sp³-hybridized carbons (Fsp3) is 0.250. The first kappa shape index (κ1) is 20.9. The van der Waals surface area contributed by atoms with Crippen molar-refractivity contribution in [2.45, 2.75) is 13.0 Å². The maximum Gasteiger partial charge on any atom is 0.344 e. The fourth-order valence-electron chi connectivity index (χ4n) is 2.72. The Bertz CT molecular complexity index is 939. The van der Waals surface area contributed by atoms with E-state index in [1.165, 1.54) is 30.5 Å². The SMILES string of the molecule is CCOC(=O)C1=C(COC(=O)COc2ccc(F)cc2)NC(=O)NC1c1ccco1. The Morgan fingerprint density at radius 1 is 1.17 bits per heavy atom. The molecule has 2 heterocycles. The summed E-state index contributed by atoms with van der Waals surface area (Å²) in [5.74, 6) is -1.28. The summed E-state index contributed by atoms with van der Waals surface area (Å²) in [4.78, 5) is 36.5. The van der Waals surface area contributed by atoms with Crippen LogP contribution in [0.25, 0.3) is 0 Å². The molecule has 0 aliphatic carbocycles. The van der Waals surface area contributed by atoms with Crippen molar-refractivity contribution in [2.75, 3.05) is 19.8 Å². The average molecular weight is 418 g/mol. The zero-order valence-corrected chi connectivity index (χ0v) is 16.0. The summed E-state index contributed by atoms with van der Waals surface area (Å²) >= 11 is 0. The van der Waals surface area contributed by atoms with Crippen LogP contribution >= 0.6 is 0 Å². The van der Waals surface area contributed by atoms with Gasteiger partial charge >= 0.3 is 18.0 Å². The van der Waals surface area contributed by atoms with E-state index in [2.05, 4.69) is 10.6 Å². The van der Waals surface area contributed by atoms with Gasteiger partial charge in [-0.05, 0) is 43.3 Å². The van der Waals surface area contributed by atoms with Crippen molar-refractivity contribution in [3.05, 3.63) is 65.5 Å². The van der Waals surface area contributed by atoms with Gasteiger partial charge in [-0.2, -0.15) is 0 Å². The minimum Gasteiger partial charge on any atom is -0.482 e. The van der Waals surface area contributed by atoms with E-state index in [-0.39, 0.29) is 23.6 Å². The highest BCUT2D eigenvalue weighted by molar-refractivity contribution is 5.95. The molecule has 30 heavy (non-hydrogen) atoms. The Balaban J connectivity index is 1.71. The molecule has 3 rings (SSSR count). The van der Waals surface area contributed by atoms with Crippen molar-refractivity contribution >= 4 is 18.0 Å². The van der Waals surface area contributed by atoms with Crippen LogP contribution in [0.3, 0.4) is 0 Å². The minimum atomic E-state index is -0.906. The van der Waals surface area contributed by atoms with E-state index in [0.717, 1.165) is 0 Å². The predicted molar refractivity (Wildman–Crippen MR) is 99.6 cm³/mol. The number of urea groups is 1. The normalized spacial score (nSPS) is 15.8. The third kappa shape index (κ3) is 5.16. The van der Waals surface area contributed by atoms with Crippen LogP contribution in [0, 0.1) is 5.82 Å². The third-order valence-corrected chi connectivity index (χ3v) is 4.02. The minimum absolute atomic E-state index is 0.0543. The van der Waals surface area contributed by atoms with E-state index < -0.39 is 43.0 Å². The largest absolute Gasteiger partial charge is 0.482 e. The molecular weight excluding hydrogens is 399 g/mol. The van der Waals surface area contributed by atoms with Crippen LogP contribution in [-0.2, 0) is 19.1 Å². The lowest BCUT2D eigenvalue weighted by Crippen LogP contribution is -2.47. The van der Waals surface area contributed by atoms with Crippen LogP contribution in [0.4, 0.5) is 9.18 Å². The number of benzene rings is 1. The van der Waals surface area contributed by atoms with Crippen molar-refractivity contribution in [2.24, 2.45) is 0 Å². The molecule has 1 aromatic heterocycles. The molecule has 2 aromatic rings. The number of carbonyl (C=O) groups excluding carboxylic acids is 3. The van der Waals surface area contributed by atoms with Crippen LogP contribution in [0.1, 0.15) is 18.7 Å². The molecule has 1 aliphatic heterocycles. The zero-order chi connectivity index (χ0) is 21.5. The molecule has 158 valence electrons. The van der Waals surface area contributed by atoms with Crippen LogP contribution in [0.2, 0.25) is 0 Å². The Labute approximate surface area is 170 Å². The van der Waals surface area contributed by atoms with Gasteiger partial charge in [-0.25, -0.2) is 18.8 Å². The number of halogens is 1. The first-order chi connectivity index (χ1) is 14.5. The topological polar surface area (TPSA) is 116 Å². The first-order valence-electron chi connectivity index (χ1n) is 9.03. The summed E-state index contributed by atoms with van der Waals surface area (Å²) in [6.07, 6.45) is 1.40. The highest BCUT2D eigenvalue weighted by Crippen LogP contribution is 2.28. The van der Waals surface area contributed by atoms with Gasteiger partial charge < -0.3 is 29.3 Å².